The predicted molar refractivity (Wildman–Crippen MR) is 115 cm³/mol. The molecule has 1 aliphatic heterocycles. The van der Waals surface area contributed by atoms with E-state index in [1.54, 1.807) is 0 Å². The highest BCUT2D eigenvalue weighted by Gasteiger charge is 2.17. The van der Waals surface area contributed by atoms with Gasteiger partial charge in [-0.05, 0) is 56.4 Å². The van der Waals surface area contributed by atoms with Crippen LogP contribution >= 0.6 is 12.4 Å². The molecule has 2 aromatic carbocycles. The average molecular weight is 387 g/mol. The summed E-state index contributed by atoms with van der Waals surface area (Å²) >= 11 is 0. The number of nitrogens with zero attached hydrogens (tertiary/aromatic N) is 1. The summed E-state index contributed by atoms with van der Waals surface area (Å²) in [4.78, 5) is 15.0. The van der Waals surface area contributed by atoms with Gasteiger partial charge in [0.1, 0.15) is 0 Å². The summed E-state index contributed by atoms with van der Waals surface area (Å²) in [6.45, 7) is 4.46. The number of nitrogens with one attached hydrogen (secondary N) is 1. The van der Waals surface area contributed by atoms with Crippen LogP contribution in [0.25, 0.3) is 0 Å². The van der Waals surface area contributed by atoms with Gasteiger partial charge in [0.15, 0.2) is 0 Å². The standard InChI is InChI=1S/C23H30N2O.ClH/c26-23(24-15-7-8-16-25-17-9-10-18-25)19-22(20-11-3-1-4-12-20)21-13-5-2-6-14-21;/h1-6,11-14,22H,7-10,15-19H2,(H,24,26);1H. The zero-order valence-electron chi connectivity index (χ0n) is 16.0. The van der Waals surface area contributed by atoms with Gasteiger partial charge in [-0.2, -0.15) is 0 Å². The van der Waals surface area contributed by atoms with E-state index >= 15 is 0 Å². The van der Waals surface area contributed by atoms with Crippen LogP contribution in [0, 0.1) is 0 Å². The summed E-state index contributed by atoms with van der Waals surface area (Å²) in [5.41, 5.74) is 2.39. The van der Waals surface area contributed by atoms with Crippen LogP contribution in [-0.2, 0) is 4.79 Å². The number of hydrogen-bond acceptors (Lipinski definition) is 2. The van der Waals surface area contributed by atoms with Crippen molar-refractivity contribution in [3.05, 3.63) is 71.8 Å². The molecule has 4 heteroatoms. The first-order chi connectivity index (χ1) is 12.8. The molecule has 1 fully saturated rings. The number of rotatable bonds is 9. The predicted octanol–water partition coefficient (Wildman–Crippen LogP) is 4.62. The van der Waals surface area contributed by atoms with Gasteiger partial charge in [-0.3, -0.25) is 4.79 Å². The van der Waals surface area contributed by atoms with Gasteiger partial charge in [-0.25, -0.2) is 0 Å². The van der Waals surface area contributed by atoms with Crippen LogP contribution < -0.4 is 5.32 Å². The monoisotopic (exact) mass is 386 g/mol. The molecule has 1 heterocycles. The lowest BCUT2D eigenvalue weighted by Crippen LogP contribution is -2.27. The molecular formula is C23H31ClN2O. The number of benzene rings is 2. The summed E-state index contributed by atoms with van der Waals surface area (Å²) < 4.78 is 0. The minimum Gasteiger partial charge on any atom is -0.356 e. The van der Waals surface area contributed by atoms with E-state index in [1.807, 2.05) is 36.4 Å². The van der Waals surface area contributed by atoms with E-state index in [9.17, 15) is 4.79 Å². The van der Waals surface area contributed by atoms with Crippen molar-refractivity contribution in [1.82, 2.24) is 10.2 Å². The van der Waals surface area contributed by atoms with E-state index < -0.39 is 0 Å². The van der Waals surface area contributed by atoms with Crippen molar-refractivity contribution in [1.29, 1.82) is 0 Å². The fourth-order valence-corrected chi connectivity index (χ4v) is 3.75. The van der Waals surface area contributed by atoms with Crippen molar-refractivity contribution < 1.29 is 4.79 Å². The highest BCUT2D eigenvalue weighted by molar-refractivity contribution is 5.85. The molecule has 0 atom stereocenters. The highest BCUT2D eigenvalue weighted by Crippen LogP contribution is 2.27. The lowest BCUT2D eigenvalue weighted by molar-refractivity contribution is -0.121. The Labute approximate surface area is 169 Å². The quantitative estimate of drug-likeness (QED) is 0.637. The smallest absolute Gasteiger partial charge is 0.220 e. The molecule has 1 amide bonds. The van der Waals surface area contributed by atoms with E-state index in [1.165, 1.54) is 50.0 Å². The first kappa shape index (κ1) is 21.5. The fourth-order valence-electron chi connectivity index (χ4n) is 3.75. The lowest BCUT2D eigenvalue weighted by Gasteiger charge is -2.18. The topological polar surface area (TPSA) is 32.3 Å². The molecule has 3 nitrogen and oxygen atoms in total. The van der Waals surface area contributed by atoms with Crippen molar-refractivity contribution in [3.63, 3.8) is 0 Å². The molecule has 1 N–H and O–H groups in total. The number of carbonyl (C=O) groups excluding carboxylic acids is 1. The lowest BCUT2D eigenvalue weighted by atomic mass is 9.88. The van der Waals surface area contributed by atoms with Gasteiger partial charge < -0.3 is 10.2 Å². The molecule has 0 aliphatic carbocycles. The molecule has 2 aromatic rings. The number of hydrogen-bond donors (Lipinski definition) is 1. The maximum Gasteiger partial charge on any atom is 0.220 e. The van der Waals surface area contributed by atoms with E-state index in [4.69, 9.17) is 0 Å². The molecule has 1 aliphatic rings. The van der Waals surface area contributed by atoms with Gasteiger partial charge in [0.25, 0.3) is 0 Å². The van der Waals surface area contributed by atoms with Crippen molar-refractivity contribution in [2.45, 2.75) is 38.0 Å². The summed E-state index contributed by atoms with van der Waals surface area (Å²) in [6.07, 6.45) is 5.42. The van der Waals surface area contributed by atoms with Crippen molar-refractivity contribution >= 4 is 18.3 Å². The molecule has 3 rings (SSSR count). The Morgan fingerprint density at radius 3 is 2.00 bits per heavy atom. The zero-order chi connectivity index (χ0) is 18.0. The second kappa shape index (κ2) is 11.8. The summed E-state index contributed by atoms with van der Waals surface area (Å²) in [6, 6.07) is 20.7. The second-order valence-corrected chi connectivity index (χ2v) is 7.18. The van der Waals surface area contributed by atoms with Crippen LogP contribution in [0.4, 0.5) is 0 Å². The fraction of sp³-hybridized carbons (Fsp3) is 0.435. The van der Waals surface area contributed by atoms with Crippen molar-refractivity contribution in [3.8, 4) is 0 Å². The molecule has 27 heavy (non-hydrogen) atoms. The Hall–Kier alpha value is -1.84. The molecule has 0 bridgehead atoms. The summed E-state index contributed by atoms with van der Waals surface area (Å²) in [5.74, 6) is 0.255. The van der Waals surface area contributed by atoms with Crippen LogP contribution in [-0.4, -0.2) is 37.0 Å². The number of amides is 1. The molecule has 1 saturated heterocycles. The SMILES string of the molecule is Cl.O=C(CC(c1ccccc1)c1ccccc1)NCCCCN1CCCC1. The Morgan fingerprint density at radius 2 is 1.44 bits per heavy atom. The Kier molecular flexibility index (Phi) is 9.37. The summed E-state index contributed by atoms with van der Waals surface area (Å²) in [5, 5.41) is 3.12. The molecule has 0 saturated carbocycles. The van der Waals surface area contributed by atoms with Gasteiger partial charge in [-0.1, -0.05) is 60.7 Å². The van der Waals surface area contributed by atoms with Gasteiger partial charge in [0, 0.05) is 18.9 Å². The first-order valence-corrected chi connectivity index (χ1v) is 9.92. The number of halogens is 1. The maximum atomic E-state index is 12.5. The van der Waals surface area contributed by atoms with E-state index in [0.29, 0.717) is 6.42 Å². The average Bonchev–Trinajstić information content (AvgIpc) is 3.21. The molecule has 0 aromatic heterocycles. The summed E-state index contributed by atoms with van der Waals surface area (Å²) in [7, 11) is 0. The maximum absolute atomic E-state index is 12.5. The third-order valence-corrected chi connectivity index (χ3v) is 5.22. The molecule has 0 radical (unpaired) electrons. The zero-order valence-corrected chi connectivity index (χ0v) is 16.8. The van der Waals surface area contributed by atoms with E-state index in [2.05, 4.69) is 34.5 Å². The second-order valence-electron chi connectivity index (χ2n) is 7.18. The normalized spacial score (nSPS) is 14.1. The van der Waals surface area contributed by atoms with Gasteiger partial charge in [0.05, 0.1) is 0 Å². The van der Waals surface area contributed by atoms with E-state index in [-0.39, 0.29) is 24.2 Å². The van der Waals surface area contributed by atoms with Gasteiger partial charge >= 0.3 is 0 Å². The highest BCUT2D eigenvalue weighted by atomic mass is 35.5. The molecular weight excluding hydrogens is 356 g/mol. The van der Waals surface area contributed by atoms with Crippen LogP contribution in [0.3, 0.4) is 0 Å². The molecule has 146 valence electrons. The van der Waals surface area contributed by atoms with E-state index in [0.717, 1.165) is 13.0 Å². The van der Waals surface area contributed by atoms with Crippen molar-refractivity contribution in [2.24, 2.45) is 0 Å². The van der Waals surface area contributed by atoms with Gasteiger partial charge in [-0.15, -0.1) is 12.4 Å². The third kappa shape index (κ3) is 7.00. The molecule has 0 unspecified atom stereocenters. The minimum absolute atomic E-state index is 0. The Balaban J connectivity index is 0.00000261. The number of carbonyl (C=O) groups is 1. The van der Waals surface area contributed by atoms with Gasteiger partial charge in [0.2, 0.25) is 5.91 Å². The molecule has 0 spiro atoms. The Morgan fingerprint density at radius 1 is 0.889 bits per heavy atom. The van der Waals surface area contributed by atoms with Crippen molar-refractivity contribution in [2.75, 3.05) is 26.2 Å². The van der Waals surface area contributed by atoms with Crippen LogP contribution in [0.2, 0.25) is 0 Å². The first-order valence-electron chi connectivity index (χ1n) is 9.92. The minimum atomic E-state index is 0. The largest absolute Gasteiger partial charge is 0.356 e. The Bertz CT molecular complexity index is 617. The van der Waals surface area contributed by atoms with Crippen LogP contribution in [0.15, 0.2) is 60.7 Å². The van der Waals surface area contributed by atoms with Crippen LogP contribution in [0.1, 0.15) is 49.1 Å². The number of likely N-dealkylation sites (tertiary alicyclic amines) is 1. The number of unbranched alkanes of at least 4 members (excludes halogenated alkanes) is 1. The van der Waals surface area contributed by atoms with Crippen LogP contribution in [0.5, 0.6) is 0 Å². The third-order valence-electron chi connectivity index (χ3n) is 5.22.